The molecule has 0 spiro atoms. The van der Waals surface area contributed by atoms with Crippen molar-refractivity contribution in [2.75, 3.05) is 0 Å². The van der Waals surface area contributed by atoms with E-state index < -0.39 is 0 Å². The summed E-state index contributed by atoms with van der Waals surface area (Å²) < 4.78 is 0. The normalized spacial score (nSPS) is 10.8. The quantitative estimate of drug-likeness (QED) is 0.482. The first kappa shape index (κ1) is 12.6. The van der Waals surface area contributed by atoms with Gasteiger partial charge in [-0.1, -0.05) is 36.4 Å². The molecule has 3 rings (SSSR count). The second-order valence-corrected chi connectivity index (χ2v) is 4.94. The molecule has 0 aliphatic carbocycles. The number of aromatic nitrogens is 1. The van der Waals surface area contributed by atoms with Crippen LogP contribution in [0.15, 0.2) is 67.8 Å². The van der Waals surface area contributed by atoms with E-state index in [0.29, 0.717) is 0 Å². The minimum absolute atomic E-state index is 0.862. The highest BCUT2D eigenvalue weighted by Gasteiger charge is 2.08. The van der Waals surface area contributed by atoms with E-state index >= 15 is 0 Å². The third kappa shape index (κ3) is 2.12. The largest absolute Gasteiger partial charge is 0.248 e. The highest BCUT2D eigenvalue weighted by Crippen LogP contribution is 2.26. The van der Waals surface area contributed by atoms with Crippen LogP contribution in [0, 0.1) is 0 Å². The summed E-state index contributed by atoms with van der Waals surface area (Å²) in [5, 5.41) is 2.41. The zero-order chi connectivity index (χ0) is 13.9. The van der Waals surface area contributed by atoms with Gasteiger partial charge in [0, 0.05) is 10.8 Å². The Bertz CT molecular complexity index is 799. The molecule has 98 valence electrons. The lowest BCUT2D eigenvalue weighted by molar-refractivity contribution is 1.17. The lowest BCUT2D eigenvalue weighted by Crippen LogP contribution is -1.95. The fraction of sp³-hybridized carbons (Fsp3) is 0.105. The minimum Gasteiger partial charge on any atom is -0.248 e. The van der Waals surface area contributed by atoms with Crippen molar-refractivity contribution >= 4 is 21.8 Å². The van der Waals surface area contributed by atoms with Crippen molar-refractivity contribution in [1.82, 2.24) is 4.98 Å². The van der Waals surface area contributed by atoms with E-state index in [-0.39, 0.29) is 0 Å². The Kier molecular flexibility index (Phi) is 3.34. The van der Waals surface area contributed by atoms with E-state index in [1.165, 1.54) is 21.9 Å². The summed E-state index contributed by atoms with van der Waals surface area (Å²) in [7, 11) is 0. The van der Waals surface area contributed by atoms with Gasteiger partial charge in [-0.05, 0) is 42.2 Å². The van der Waals surface area contributed by atoms with Crippen LogP contribution in [0.4, 0.5) is 0 Å². The average molecular weight is 259 g/mol. The van der Waals surface area contributed by atoms with Gasteiger partial charge in [-0.25, -0.2) is 4.98 Å². The second-order valence-electron chi connectivity index (χ2n) is 4.94. The monoisotopic (exact) mass is 259 g/mol. The van der Waals surface area contributed by atoms with Gasteiger partial charge in [-0.3, -0.25) is 0 Å². The van der Waals surface area contributed by atoms with Crippen LogP contribution in [0.1, 0.15) is 11.1 Å². The van der Waals surface area contributed by atoms with Crippen molar-refractivity contribution in [3.63, 3.8) is 0 Å². The van der Waals surface area contributed by atoms with Gasteiger partial charge >= 0.3 is 0 Å². The Hall–Kier alpha value is -2.41. The van der Waals surface area contributed by atoms with Crippen molar-refractivity contribution in [2.24, 2.45) is 0 Å². The summed E-state index contributed by atoms with van der Waals surface area (Å²) in [6.07, 6.45) is 5.64. The molecule has 0 N–H and O–H groups in total. The molecule has 2 aromatic carbocycles. The Balaban J connectivity index is 2.35. The van der Waals surface area contributed by atoms with E-state index in [4.69, 9.17) is 4.98 Å². The van der Waals surface area contributed by atoms with Crippen molar-refractivity contribution in [2.45, 2.75) is 12.8 Å². The molecule has 0 radical (unpaired) electrons. The van der Waals surface area contributed by atoms with Crippen molar-refractivity contribution in [3.8, 4) is 0 Å². The molecule has 0 unspecified atom stereocenters. The van der Waals surface area contributed by atoms with Crippen LogP contribution < -0.4 is 0 Å². The predicted molar refractivity (Wildman–Crippen MR) is 87.1 cm³/mol. The molecule has 0 aliphatic rings. The van der Waals surface area contributed by atoms with Gasteiger partial charge in [0.1, 0.15) is 0 Å². The Morgan fingerprint density at radius 2 is 1.70 bits per heavy atom. The summed E-state index contributed by atoms with van der Waals surface area (Å²) in [6.45, 7) is 7.73. The Labute approximate surface area is 119 Å². The van der Waals surface area contributed by atoms with Gasteiger partial charge in [-0.15, -0.1) is 13.2 Å². The fourth-order valence-electron chi connectivity index (χ4n) is 2.68. The standard InChI is InChI=1S/C19H17N/c1-3-7-14-11-12-19-17(16(14)8-4-2)13-15-9-5-6-10-18(15)20-19/h3-6,9-13H,1-2,7-8H2. The van der Waals surface area contributed by atoms with E-state index in [9.17, 15) is 0 Å². The van der Waals surface area contributed by atoms with Gasteiger partial charge in [0.15, 0.2) is 0 Å². The molecule has 20 heavy (non-hydrogen) atoms. The first-order chi connectivity index (χ1) is 9.83. The van der Waals surface area contributed by atoms with Crippen LogP contribution in [-0.4, -0.2) is 4.98 Å². The average Bonchev–Trinajstić information content (AvgIpc) is 2.48. The third-order valence-corrected chi connectivity index (χ3v) is 3.62. The maximum atomic E-state index is 4.76. The molecule has 0 atom stereocenters. The van der Waals surface area contributed by atoms with Crippen LogP contribution >= 0.6 is 0 Å². The summed E-state index contributed by atoms with van der Waals surface area (Å²) in [5.41, 5.74) is 4.72. The Morgan fingerprint density at radius 3 is 2.50 bits per heavy atom. The molecule has 0 aliphatic heterocycles. The number of hydrogen-bond acceptors (Lipinski definition) is 1. The molecular weight excluding hydrogens is 242 g/mol. The number of allylic oxidation sites excluding steroid dienone is 2. The third-order valence-electron chi connectivity index (χ3n) is 3.62. The van der Waals surface area contributed by atoms with Crippen LogP contribution in [-0.2, 0) is 12.8 Å². The van der Waals surface area contributed by atoms with Crippen LogP contribution in [0.2, 0.25) is 0 Å². The first-order valence-corrected chi connectivity index (χ1v) is 6.85. The van der Waals surface area contributed by atoms with Gasteiger partial charge in [-0.2, -0.15) is 0 Å². The zero-order valence-corrected chi connectivity index (χ0v) is 11.5. The summed E-state index contributed by atoms with van der Waals surface area (Å²) in [5.74, 6) is 0. The molecule has 1 aromatic heterocycles. The predicted octanol–water partition coefficient (Wildman–Crippen LogP) is 4.85. The highest BCUT2D eigenvalue weighted by molar-refractivity contribution is 5.95. The molecule has 0 amide bonds. The zero-order valence-electron chi connectivity index (χ0n) is 11.5. The number of rotatable bonds is 4. The minimum atomic E-state index is 0.862. The van der Waals surface area contributed by atoms with Gasteiger partial charge < -0.3 is 0 Å². The maximum absolute atomic E-state index is 4.76. The maximum Gasteiger partial charge on any atom is 0.0712 e. The van der Waals surface area contributed by atoms with Crippen molar-refractivity contribution in [3.05, 3.63) is 78.9 Å². The lowest BCUT2D eigenvalue weighted by Gasteiger charge is -2.11. The molecule has 0 saturated carbocycles. The molecule has 0 bridgehead atoms. The smallest absolute Gasteiger partial charge is 0.0712 e. The van der Waals surface area contributed by atoms with E-state index in [0.717, 1.165) is 23.9 Å². The number of hydrogen-bond donors (Lipinski definition) is 0. The summed E-state index contributed by atoms with van der Waals surface area (Å²) in [4.78, 5) is 4.76. The molecule has 0 saturated heterocycles. The van der Waals surface area contributed by atoms with Crippen LogP contribution in [0.5, 0.6) is 0 Å². The first-order valence-electron chi connectivity index (χ1n) is 6.85. The fourth-order valence-corrected chi connectivity index (χ4v) is 2.68. The van der Waals surface area contributed by atoms with Crippen LogP contribution in [0.3, 0.4) is 0 Å². The number of fused-ring (bicyclic) bond motifs is 2. The number of pyridine rings is 1. The van der Waals surface area contributed by atoms with Crippen molar-refractivity contribution < 1.29 is 0 Å². The van der Waals surface area contributed by atoms with Gasteiger partial charge in [0.25, 0.3) is 0 Å². The number of nitrogens with zero attached hydrogens (tertiary/aromatic N) is 1. The van der Waals surface area contributed by atoms with E-state index in [1.807, 2.05) is 18.2 Å². The highest BCUT2D eigenvalue weighted by atomic mass is 14.7. The molecule has 1 nitrogen and oxygen atoms in total. The lowest BCUT2D eigenvalue weighted by atomic mass is 9.96. The summed E-state index contributed by atoms with van der Waals surface area (Å²) in [6, 6.07) is 14.7. The number of para-hydroxylation sites is 1. The SMILES string of the molecule is C=CCc1ccc2nc3ccccc3cc2c1CC=C. The van der Waals surface area contributed by atoms with Gasteiger partial charge in [0.05, 0.1) is 11.0 Å². The van der Waals surface area contributed by atoms with Crippen LogP contribution in [0.25, 0.3) is 21.8 Å². The second kappa shape index (κ2) is 5.30. The molecule has 1 heterocycles. The van der Waals surface area contributed by atoms with Gasteiger partial charge in [0.2, 0.25) is 0 Å². The topological polar surface area (TPSA) is 12.9 Å². The summed E-state index contributed by atoms with van der Waals surface area (Å²) >= 11 is 0. The van der Waals surface area contributed by atoms with E-state index in [1.54, 1.807) is 0 Å². The van der Waals surface area contributed by atoms with Crippen molar-refractivity contribution in [1.29, 1.82) is 0 Å². The molecule has 1 heteroatoms. The number of benzene rings is 2. The Morgan fingerprint density at radius 1 is 0.900 bits per heavy atom. The molecular formula is C19H17N. The van der Waals surface area contributed by atoms with E-state index in [2.05, 4.69) is 49.6 Å². The molecule has 3 aromatic rings. The molecule has 0 fully saturated rings.